The van der Waals surface area contributed by atoms with Crippen LogP contribution in [0.1, 0.15) is 5.82 Å². The molecule has 2 aromatic heterocycles. The topological polar surface area (TPSA) is 43.6 Å². The lowest BCUT2D eigenvalue weighted by molar-refractivity contribution is 0.657. The number of hydrogen-bond donors (Lipinski definition) is 0. The maximum Gasteiger partial charge on any atom is 0.149 e. The molecule has 2 heterocycles. The summed E-state index contributed by atoms with van der Waals surface area (Å²) in [5.74, 6) is 0.764. The molecule has 0 saturated heterocycles. The summed E-state index contributed by atoms with van der Waals surface area (Å²) >= 11 is 0. The van der Waals surface area contributed by atoms with Crippen LogP contribution in [0.5, 0.6) is 0 Å². The Bertz CT molecular complexity index is 617. The quantitative estimate of drug-likeness (QED) is 0.701. The standard InChI is InChI=1S/C14H12N4/c1-2-5-12(6-3-1)13-7-10-18(17-13)11-14-15-8-4-9-16-14/h1-10H,11H2. The van der Waals surface area contributed by atoms with Gasteiger partial charge < -0.3 is 0 Å². The second-order valence-electron chi connectivity index (χ2n) is 3.93. The van der Waals surface area contributed by atoms with E-state index in [1.165, 1.54) is 0 Å². The maximum atomic E-state index is 4.51. The third-order valence-corrected chi connectivity index (χ3v) is 2.63. The summed E-state index contributed by atoms with van der Waals surface area (Å²) < 4.78 is 1.84. The minimum absolute atomic E-state index is 0.591. The molecular formula is C14H12N4. The van der Waals surface area contributed by atoms with Crippen LogP contribution >= 0.6 is 0 Å². The molecule has 0 aliphatic rings. The molecule has 1 aromatic carbocycles. The van der Waals surface area contributed by atoms with Crippen LogP contribution in [0.25, 0.3) is 11.3 Å². The van der Waals surface area contributed by atoms with Gasteiger partial charge in [-0.1, -0.05) is 30.3 Å². The average molecular weight is 236 g/mol. The van der Waals surface area contributed by atoms with E-state index >= 15 is 0 Å². The lowest BCUT2D eigenvalue weighted by Gasteiger charge is -1.99. The van der Waals surface area contributed by atoms with Gasteiger partial charge in [-0.25, -0.2) is 9.97 Å². The first-order chi connectivity index (χ1) is 8.92. The zero-order valence-electron chi connectivity index (χ0n) is 9.77. The summed E-state index contributed by atoms with van der Waals surface area (Å²) in [7, 11) is 0. The molecule has 0 amide bonds. The van der Waals surface area contributed by atoms with Crippen LogP contribution in [0, 0.1) is 0 Å². The predicted octanol–water partition coefficient (Wildman–Crippen LogP) is 2.39. The Morgan fingerprint density at radius 1 is 0.889 bits per heavy atom. The van der Waals surface area contributed by atoms with E-state index in [9.17, 15) is 0 Å². The van der Waals surface area contributed by atoms with E-state index in [2.05, 4.69) is 15.1 Å². The molecule has 0 N–H and O–H groups in total. The smallest absolute Gasteiger partial charge is 0.149 e. The van der Waals surface area contributed by atoms with Crippen molar-refractivity contribution in [2.75, 3.05) is 0 Å². The highest BCUT2D eigenvalue weighted by molar-refractivity contribution is 5.57. The molecule has 0 bridgehead atoms. The number of rotatable bonds is 3. The van der Waals surface area contributed by atoms with Gasteiger partial charge in [-0.15, -0.1) is 0 Å². The number of hydrogen-bond acceptors (Lipinski definition) is 3. The SMILES string of the molecule is c1ccc(-c2ccn(Cc3ncccn3)n2)cc1. The number of aromatic nitrogens is 4. The Morgan fingerprint density at radius 3 is 2.44 bits per heavy atom. The summed E-state index contributed by atoms with van der Waals surface area (Å²) in [5.41, 5.74) is 2.08. The predicted molar refractivity (Wildman–Crippen MR) is 68.8 cm³/mol. The van der Waals surface area contributed by atoms with Crippen molar-refractivity contribution in [1.29, 1.82) is 0 Å². The van der Waals surface area contributed by atoms with E-state index in [4.69, 9.17) is 0 Å². The Labute approximate surface area is 105 Å². The van der Waals surface area contributed by atoms with E-state index in [1.54, 1.807) is 12.4 Å². The molecule has 0 atom stereocenters. The monoisotopic (exact) mass is 236 g/mol. The molecular weight excluding hydrogens is 224 g/mol. The minimum atomic E-state index is 0.591. The Hall–Kier alpha value is -2.49. The van der Waals surface area contributed by atoms with Crippen molar-refractivity contribution in [1.82, 2.24) is 19.7 Å². The molecule has 0 aliphatic heterocycles. The van der Waals surface area contributed by atoms with Crippen LogP contribution in [0.3, 0.4) is 0 Å². The van der Waals surface area contributed by atoms with Crippen LogP contribution in [0.2, 0.25) is 0 Å². The Morgan fingerprint density at radius 2 is 1.67 bits per heavy atom. The third-order valence-electron chi connectivity index (χ3n) is 2.63. The molecule has 4 heteroatoms. The lowest BCUT2D eigenvalue weighted by Crippen LogP contribution is -2.04. The summed E-state index contributed by atoms with van der Waals surface area (Å²) in [5, 5.41) is 4.51. The van der Waals surface area contributed by atoms with Gasteiger partial charge in [0.05, 0.1) is 5.69 Å². The summed E-state index contributed by atoms with van der Waals surface area (Å²) in [6.45, 7) is 0.591. The molecule has 0 radical (unpaired) electrons. The van der Waals surface area contributed by atoms with Gasteiger partial charge >= 0.3 is 0 Å². The van der Waals surface area contributed by atoms with Gasteiger partial charge in [0.2, 0.25) is 0 Å². The van der Waals surface area contributed by atoms with Gasteiger partial charge in [0.25, 0.3) is 0 Å². The Kier molecular flexibility index (Phi) is 2.84. The van der Waals surface area contributed by atoms with Crippen LogP contribution in [0.15, 0.2) is 61.1 Å². The van der Waals surface area contributed by atoms with Crippen molar-refractivity contribution in [3.05, 3.63) is 66.9 Å². The highest BCUT2D eigenvalue weighted by Gasteiger charge is 2.02. The average Bonchev–Trinajstić information content (AvgIpc) is 2.89. The van der Waals surface area contributed by atoms with E-state index in [0.717, 1.165) is 17.1 Å². The zero-order chi connectivity index (χ0) is 12.2. The van der Waals surface area contributed by atoms with E-state index in [-0.39, 0.29) is 0 Å². The van der Waals surface area contributed by atoms with Gasteiger partial charge in [0.1, 0.15) is 12.4 Å². The molecule has 0 unspecified atom stereocenters. The third kappa shape index (κ3) is 2.27. The number of benzene rings is 1. The second kappa shape index (κ2) is 4.79. The molecule has 3 rings (SSSR count). The normalized spacial score (nSPS) is 10.4. The van der Waals surface area contributed by atoms with E-state index in [0.29, 0.717) is 6.54 Å². The first-order valence-electron chi connectivity index (χ1n) is 5.76. The Balaban J connectivity index is 1.82. The van der Waals surface area contributed by atoms with Crippen LogP contribution < -0.4 is 0 Å². The molecule has 88 valence electrons. The van der Waals surface area contributed by atoms with Crippen molar-refractivity contribution < 1.29 is 0 Å². The minimum Gasteiger partial charge on any atom is -0.264 e. The molecule has 0 saturated carbocycles. The highest BCUT2D eigenvalue weighted by Crippen LogP contribution is 2.15. The van der Waals surface area contributed by atoms with Crippen molar-refractivity contribution in [3.63, 3.8) is 0 Å². The van der Waals surface area contributed by atoms with Crippen molar-refractivity contribution in [2.24, 2.45) is 0 Å². The van der Waals surface area contributed by atoms with Crippen LogP contribution in [0.4, 0.5) is 0 Å². The summed E-state index contributed by atoms with van der Waals surface area (Å²) in [4.78, 5) is 8.37. The molecule has 0 aliphatic carbocycles. The maximum absolute atomic E-state index is 4.51. The van der Waals surface area contributed by atoms with Gasteiger partial charge in [-0.3, -0.25) is 4.68 Å². The van der Waals surface area contributed by atoms with Crippen molar-refractivity contribution in [2.45, 2.75) is 6.54 Å². The van der Waals surface area contributed by atoms with E-state index < -0.39 is 0 Å². The van der Waals surface area contributed by atoms with Gasteiger partial charge in [-0.2, -0.15) is 5.10 Å². The largest absolute Gasteiger partial charge is 0.264 e. The summed E-state index contributed by atoms with van der Waals surface area (Å²) in [6.07, 6.45) is 5.42. The molecule has 4 nitrogen and oxygen atoms in total. The first kappa shape index (κ1) is 10.7. The molecule has 0 spiro atoms. The fraction of sp³-hybridized carbons (Fsp3) is 0.0714. The molecule has 0 fully saturated rings. The molecule has 18 heavy (non-hydrogen) atoms. The number of nitrogens with zero attached hydrogens (tertiary/aromatic N) is 4. The summed E-state index contributed by atoms with van der Waals surface area (Å²) in [6, 6.07) is 13.9. The van der Waals surface area contributed by atoms with Gasteiger partial charge in [0, 0.05) is 24.2 Å². The first-order valence-corrected chi connectivity index (χ1v) is 5.76. The fourth-order valence-electron chi connectivity index (χ4n) is 1.77. The molecule has 3 aromatic rings. The van der Waals surface area contributed by atoms with Crippen LogP contribution in [-0.2, 0) is 6.54 Å². The van der Waals surface area contributed by atoms with Crippen LogP contribution in [-0.4, -0.2) is 19.7 Å². The van der Waals surface area contributed by atoms with Crippen molar-refractivity contribution in [3.8, 4) is 11.3 Å². The highest BCUT2D eigenvalue weighted by atomic mass is 15.3. The second-order valence-corrected chi connectivity index (χ2v) is 3.93. The van der Waals surface area contributed by atoms with Gasteiger partial charge in [0.15, 0.2) is 0 Å². The lowest BCUT2D eigenvalue weighted by atomic mass is 10.2. The van der Waals surface area contributed by atoms with E-state index in [1.807, 2.05) is 53.3 Å². The van der Waals surface area contributed by atoms with Crippen molar-refractivity contribution >= 4 is 0 Å². The zero-order valence-corrected chi connectivity index (χ0v) is 9.77. The fourth-order valence-corrected chi connectivity index (χ4v) is 1.77. The van der Waals surface area contributed by atoms with Gasteiger partial charge in [-0.05, 0) is 12.1 Å².